The molecule has 0 radical (unpaired) electrons. The zero-order valence-electron chi connectivity index (χ0n) is 15.3. The fraction of sp³-hybridized carbons (Fsp3) is 0.526. The molecular formula is C19H22F3N5O. The number of halogens is 3. The van der Waals surface area contributed by atoms with E-state index in [2.05, 4.69) is 15.4 Å². The second-order valence-electron chi connectivity index (χ2n) is 7.65. The zero-order valence-corrected chi connectivity index (χ0v) is 15.3. The maximum atomic E-state index is 13.4. The van der Waals surface area contributed by atoms with Gasteiger partial charge in [0.25, 0.3) is 0 Å². The van der Waals surface area contributed by atoms with Crippen LogP contribution in [0.5, 0.6) is 0 Å². The zero-order chi connectivity index (χ0) is 19.8. The Morgan fingerprint density at radius 2 is 2.14 bits per heavy atom. The van der Waals surface area contributed by atoms with E-state index in [1.54, 1.807) is 35.4 Å². The molecule has 1 unspecified atom stereocenters. The number of hydrogen-bond donors (Lipinski definition) is 1. The SMILES string of the molecule is O=C(NCc1ccnc(-n2cccn2)c1)N1CCC(C(F)(F)F)C2(CCC2)C1. The third-order valence-corrected chi connectivity index (χ3v) is 5.96. The number of pyridine rings is 1. The van der Waals surface area contributed by atoms with E-state index in [0.29, 0.717) is 18.7 Å². The Hall–Kier alpha value is -2.58. The normalized spacial score (nSPS) is 21.4. The fourth-order valence-electron chi connectivity index (χ4n) is 4.37. The summed E-state index contributed by atoms with van der Waals surface area (Å²) in [5.41, 5.74) is 0.0509. The molecule has 9 heteroatoms. The molecule has 2 aromatic rings. The molecule has 1 N–H and O–H groups in total. The number of nitrogens with zero attached hydrogens (tertiary/aromatic N) is 4. The Bertz CT molecular complexity index is 832. The van der Waals surface area contributed by atoms with E-state index in [1.807, 2.05) is 6.07 Å². The van der Waals surface area contributed by atoms with Gasteiger partial charge >= 0.3 is 12.2 Å². The molecule has 2 amide bonds. The molecule has 2 aromatic heterocycles. The molecule has 2 fully saturated rings. The summed E-state index contributed by atoms with van der Waals surface area (Å²) in [7, 11) is 0. The first-order chi connectivity index (χ1) is 13.4. The highest BCUT2D eigenvalue weighted by Crippen LogP contribution is 2.56. The number of carbonyl (C=O) groups is 1. The summed E-state index contributed by atoms with van der Waals surface area (Å²) in [5.74, 6) is -0.661. The van der Waals surface area contributed by atoms with Gasteiger partial charge in [0.1, 0.15) is 0 Å². The van der Waals surface area contributed by atoms with Gasteiger partial charge in [-0.1, -0.05) is 6.42 Å². The number of alkyl halides is 3. The maximum absolute atomic E-state index is 13.4. The first kappa shape index (κ1) is 18.8. The minimum absolute atomic E-state index is 0.0182. The monoisotopic (exact) mass is 393 g/mol. The highest BCUT2D eigenvalue weighted by Gasteiger charge is 2.58. The van der Waals surface area contributed by atoms with E-state index in [4.69, 9.17) is 0 Å². The van der Waals surface area contributed by atoms with E-state index in [0.717, 1.165) is 12.0 Å². The number of aromatic nitrogens is 3. The quantitative estimate of drug-likeness (QED) is 0.868. The first-order valence-corrected chi connectivity index (χ1v) is 9.42. The van der Waals surface area contributed by atoms with Crippen molar-refractivity contribution in [2.75, 3.05) is 13.1 Å². The van der Waals surface area contributed by atoms with Crippen LogP contribution in [0.4, 0.5) is 18.0 Å². The van der Waals surface area contributed by atoms with E-state index in [-0.39, 0.29) is 32.1 Å². The van der Waals surface area contributed by atoms with Crippen molar-refractivity contribution in [3.05, 3.63) is 42.4 Å². The van der Waals surface area contributed by atoms with Gasteiger partial charge in [0.15, 0.2) is 5.82 Å². The third kappa shape index (κ3) is 3.57. The van der Waals surface area contributed by atoms with Crippen molar-refractivity contribution in [1.82, 2.24) is 25.0 Å². The summed E-state index contributed by atoms with van der Waals surface area (Å²) in [4.78, 5) is 18.3. The number of hydrogen-bond acceptors (Lipinski definition) is 3. The Morgan fingerprint density at radius 3 is 2.79 bits per heavy atom. The minimum atomic E-state index is -4.19. The standard InChI is InChI=1S/C19H22F3N5O/c20-19(21,22)15-4-10-26(13-18(15)5-1-6-18)17(28)24-12-14-3-8-23-16(11-14)27-9-2-7-25-27/h2-3,7-9,11,15H,1,4-6,10,12-13H2,(H,24,28). The van der Waals surface area contributed by atoms with Crippen molar-refractivity contribution in [3.8, 4) is 5.82 Å². The van der Waals surface area contributed by atoms with Gasteiger partial charge in [-0.15, -0.1) is 0 Å². The van der Waals surface area contributed by atoms with Gasteiger partial charge in [0.2, 0.25) is 0 Å². The summed E-state index contributed by atoms with van der Waals surface area (Å²) in [6, 6.07) is 5.08. The smallest absolute Gasteiger partial charge is 0.334 e. The fourth-order valence-corrected chi connectivity index (χ4v) is 4.37. The van der Waals surface area contributed by atoms with Crippen molar-refractivity contribution in [2.24, 2.45) is 11.3 Å². The van der Waals surface area contributed by atoms with Crippen LogP contribution in [0.1, 0.15) is 31.2 Å². The number of likely N-dealkylation sites (tertiary alicyclic amines) is 1. The molecule has 1 aliphatic carbocycles. The third-order valence-electron chi connectivity index (χ3n) is 5.96. The van der Waals surface area contributed by atoms with E-state index in [9.17, 15) is 18.0 Å². The molecule has 150 valence electrons. The number of rotatable bonds is 3. The molecule has 6 nitrogen and oxygen atoms in total. The average Bonchev–Trinajstić information content (AvgIpc) is 3.18. The summed E-state index contributed by atoms with van der Waals surface area (Å²) in [6.45, 7) is 0.590. The largest absolute Gasteiger partial charge is 0.392 e. The van der Waals surface area contributed by atoms with E-state index in [1.165, 1.54) is 4.90 Å². The van der Waals surface area contributed by atoms with Crippen LogP contribution >= 0.6 is 0 Å². The van der Waals surface area contributed by atoms with E-state index < -0.39 is 17.5 Å². The number of amides is 2. The van der Waals surface area contributed by atoms with Crippen LogP contribution in [-0.4, -0.2) is 45.0 Å². The second-order valence-corrected chi connectivity index (χ2v) is 7.65. The Kier molecular flexibility index (Phi) is 4.76. The summed E-state index contributed by atoms with van der Waals surface area (Å²) in [5, 5.41) is 6.95. The molecule has 0 aromatic carbocycles. The summed E-state index contributed by atoms with van der Waals surface area (Å²) < 4.78 is 41.8. The molecule has 4 rings (SSSR count). The Balaban J connectivity index is 1.38. The van der Waals surface area contributed by atoms with Crippen molar-refractivity contribution in [1.29, 1.82) is 0 Å². The summed E-state index contributed by atoms with van der Waals surface area (Å²) >= 11 is 0. The molecule has 1 aliphatic heterocycles. The van der Waals surface area contributed by atoms with Gasteiger partial charge in [0, 0.05) is 38.2 Å². The number of urea groups is 1. The van der Waals surface area contributed by atoms with Crippen molar-refractivity contribution in [2.45, 2.75) is 38.4 Å². The molecule has 1 atom stereocenters. The second kappa shape index (κ2) is 7.10. The molecule has 3 heterocycles. The van der Waals surface area contributed by atoms with Crippen LogP contribution in [0.25, 0.3) is 5.82 Å². The van der Waals surface area contributed by atoms with Gasteiger partial charge in [-0.2, -0.15) is 18.3 Å². The topological polar surface area (TPSA) is 63.1 Å². The van der Waals surface area contributed by atoms with E-state index >= 15 is 0 Å². The molecule has 1 spiro atoms. The number of carbonyl (C=O) groups excluding carboxylic acids is 1. The maximum Gasteiger partial charge on any atom is 0.392 e. The highest BCUT2D eigenvalue weighted by atomic mass is 19.4. The van der Waals surface area contributed by atoms with Crippen LogP contribution in [0.15, 0.2) is 36.8 Å². The lowest BCUT2D eigenvalue weighted by Crippen LogP contribution is -2.59. The van der Waals surface area contributed by atoms with Gasteiger partial charge in [-0.25, -0.2) is 14.5 Å². The van der Waals surface area contributed by atoms with Crippen LogP contribution in [-0.2, 0) is 6.54 Å². The highest BCUT2D eigenvalue weighted by molar-refractivity contribution is 5.74. The van der Waals surface area contributed by atoms with Crippen LogP contribution in [0.2, 0.25) is 0 Å². The molecule has 1 saturated carbocycles. The summed E-state index contributed by atoms with van der Waals surface area (Å²) in [6.07, 6.45) is 2.73. The van der Waals surface area contributed by atoms with Gasteiger partial charge in [-0.3, -0.25) is 0 Å². The first-order valence-electron chi connectivity index (χ1n) is 9.42. The van der Waals surface area contributed by atoms with Crippen molar-refractivity contribution < 1.29 is 18.0 Å². The molecule has 28 heavy (non-hydrogen) atoms. The molecule has 2 aliphatic rings. The Labute approximate surface area is 160 Å². The van der Waals surface area contributed by atoms with Crippen molar-refractivity contribution in [3.63, 3.8) is 0 Å². The molecular weight excluding hydrogens is 371 g/mol. The minimum Gasteiger partial charge on any atom is -0.334 e. The van der Waals surface area contributed by atoms with Crippen LogP contribution < -0.4 is 5.32 Å². The number of nitrogens with one attached hydrogen (secondary N) is 1. The van der Waals surface area contributed by atoms with Crippen LogP contribution in [0, 0.1) is 11.3 Å². The van der Waals surface area contributed by atoms with Gasteiger partial charge < -0.3 is 10.2 Å². The molecule has 1 saturated heterocycles. The lowest BCUT2D eigenvalue weighted by atomic mass is 9.58. The Morgan fingerprint density at radius 1 is 1.32 bits per heavy atom. The predicted octanol–water partition coefficient (Wildman–Crippen LogP) is 3.53. The van der Waals surface area contributed by atoms with Crippen molar-refractivity contribution >= 4 is 6.03 Å². The van der Waals surface area contributed by atoms with Gasteiger partial charge in [0.05, 0.1) is 5.92 Å². The molecule has 0 bridgehead atoms. The number of piperidine rings is 1. The average molecular weight is 393 g/mol. The predicted molar refractivity (Wildman–Crippen MR) is 95.6 cm³/mol. The lowest BCUT2D eigenvalue weighted by Gasteiger charge is -2.54. The van der Waals surface area contributed by atoms with Crippen LogP contribution in [0.3, 0.4) is 0 Å². The lowest BCUT2D eigenvalue weighted by molar-refractivity contribution is -0.235. The van der Waals surface area contributed by atoms with Gasteiger partial charge in [-0.05, 0) is 48.4 Å².